The maximum Gasteiger partial charge on any atom is 0.192 e. The Labute approximate surface area is 171 Å². The predicted molar refractivity (Wildman–Crippen MR) is 107 cm³/mol. The van der Waals surface area contributed by atoms with Crippen LogP contribution >= 0.6 is 8.30 Å². The Morgan fingerprint density at radius 3 is 2.93 bits per heavy atom. The zero-order valence-electron chi connectivity index (χ0n) is 15.6. The summed E-state index contributed by atoms with van der Waals surface area (Å²) in [5.74, 6) is 0.268. The Morgan fingerprint density at radius 1 is 1.30 bits per heavy atom. The largest absolute Gasteiger partial charge is 0.456 e. The molecule has 0 radical (unpaired) electrons. The summed E-state index contributed by atoms with van der Waals surface area (Å²) in [4.78, 5) is 22.8. The highest BCUT2D eigenvalue weighted by atomic mass is 31.2. The summed E-state index contributed by atoms with van der Waals surface area (Å²) in [5.41, 5.74) is 6.47. The number of carbonyl (C=O) groups is 1. The van der Waals surface area contributed by atoms with Crippen molar-refractivity contribution in [3.8, 4) is 5.75 Å². The molecule has 30 heavy (non-hydrogen) atoms. The number of aromatic nitrogens is 4. The molecule has 3 N–H and O–H groups in total. The SMILES string of the molecule is Nc1ncnc2c1ncn2C1OC(OCP(NCC=O)Oc2ccccc2)C=C1F. The molecule has 4 rings (SSSR count). The molecule has 3 aromatic rings. The van der Waals surface area contributed by atoms with Gasteiger partial charge in [-0.25, -0.2) is 19.3 Å². The van der Waals surface area contributed by atoms with Gasteiger partial charge in [0, 0.05) is 6.08 Å². The molecule has 0 fully saturated rings. The van der Waals surface area contributed by atoms with E-state index in [4.69, 9.17) is 19.7 Å². The fourth-order valence-corrected chi connectivity index (χ4v) is 3.91. The zero-order chi connectivity index (χ0) is 20.9. The van der Waals surface area contributed by atoms with Crippen LogP contribution in [0.5, 0.6) is 5.75 Å². The summed E-state index contributed by atoms with van der Waals surface area (Å²) in [6.45, 7) is 0.0996. The Kier molecular flexibility index (Phi) is 6.24. The van der Waals surface area contributed by atoms with Crippen molar-refractivity contribution in [1.82, 2.24) is 24.6 Å². The molecule has 12 heteroatoms. The number of carbonyl (C=O) groups excluding carboxylic acids is 1. The van der Waals surface area contributed by atoms with Crippen LogP contribution in [0.3, 0.4) is 0 Å². The van der Waals surface area contributed by atoms with E-state index in [2.05, 4.69) is 20.0 Å². The van der Waals surface area contributed by atoms with E-state index in [1.807, 2.05) is 18.2 Å². The molecule has 0 saturated carbocycles. The standard InChI is InChI=1S/C18H18FN6O4P/c19-13-8-14(27-11-30(24-6-7-26)29-12-4-2-1-3-5-12)28-18(13)25-10-23-15-16(20)21-9-22-17(15)25/h1-5,7-10,14,18,24H,6,11H2,(H2,20,21,22). The van der Waals surface area contributed by atoms with Crippen LogP contribution in [0.15, 0.2) is 54.9 Å². The maximum absolute atomic E-state index is 14.5. The van der Waals surface area contributed by atoms with Gasteiger partial charge in [0.05, 0.1) is 12.9 Å². The van der Waals surface area contributed by atoms with Gasteiger partial charge in [-0.3, -0.25) is 9.65 Å². The number of nitrogens with two attached hydrogens (primary N) is 1. The van der Waals surface area contributed by atoms with Crippen LogP contribution in [0.4, 0.5) is 10.2 Å². The van der Waals surface area contributed by atoms with Gasteiger partial charge in [0.15, 0.2) is 38.1 Å². The minimum absolute atomic E-state index is 0.0685. The Hall–Kier alpha value is -2.98. The van der Waals surface area contributed by atoms with E-state index in [1.54, 1.807) is 12.1 Å². The maximum atomic E-state index is 14.5. The number of halogens is 1. The average Bonchev–Trinajstić information content (AvgIpc) is 3.34. The third kappa shape index (κ3) is 4.44. The monoisotopic (exact) mass is 432 g/mol. The van der Waals surface area contributed by atoms with Crippen LogP contribution in [0, 0.1) is 0 Å². The van der Waals surface area contributed by atoms with Crippen molar-refractivity contribution in [1.29, 1.82) is 0 Å². The molecule has 0 spiro atoms. The average molecular weight is 432 g/mol. The second kappa shape index (κ2) is 9.23. The van der Waals surface area contributed by atoms with E-state index in [1.165, 1.54) is 23.3 Å². The first-order chi connectivity index (χ1) is 14.7. The summed E-state index contributed by atoms with van der Waals surface area (Å²) in [5, 5.41) is 2.96. The molecule has 3 heterocycles. The molecule has 0 aliphatic carbocycles. The highest BCUT2D eigenvalue weighted by Crippen LogP contribution is 2.37. The summed E-state index contributed by atoms with van der Waals surface area (Å²) >= 11 is 0. The minimum atomic E-state index is -1.36. The molecule has 1 aromatic carbocycles. The highest BCUT2D eigenvalue weighted by molar-refractivity contribution is 7.50. The minimum Gasteiger partial charge on any atom is -0.456 e. The first-order valence-electron chi connectivity index (χ1n) is 8.90. The number of hydrogen-bond acceptors (Lipinski definition) is 9. The van der Waals surface area contributed by atoms with Gasteiger partial charge in [0.25, 0.3) is 0 Å². The molecule has 10 nitrogen and oxygen atoms in total. The van der Waals surface area contributed by atoms with E-state index >= 15 is 0 Å². The van der Waals surface area contributed by atoms with Crippen LogP contribution in [0.2, 0.25) is 0 Å². The van der Waals surface area contributed by atoms with E-state index in [0.29, 0.717) is 16.9 Å². The van der Waals surface area contributed by atoms with Crippen molar-refractivity contribution in [2.75, 3.05) is 18.6 Å². The van der Waals surface area contributed by atoms with Crippen LogP contribution in [0.1, 0.15) is 6.23 Å². The van der Waals surface area contributed by atoms with Gasteiger partial charge in [-0.2, -0.15) is 0 Å². The van der Waals surface area contributed by atoms with Gasteiger partial charge in [-0.05, 0) is 12.1 Å². The lowest BCUT2D eigenvalue weighted by molar-refractivity contribution is -0.128. The first kappa shape index (κ1) is 20.3. The van der Waals surface area contributed by atoms with Gasteiger partial charge in [0.2, 0.25) is 0 Å². The number of aldehydes is 1. The summed E-state index contributed by atoms with van der Waals surface area (Å²) < 4.78 is 33.1. The molecule has 0 saturated heterocycles. The van der Waals surface area contributed by atoms with Crippen molar-refractivity contribution in [3.05, 3.63) is 54.9 Å². The van der Waals surface area contributed by atoms with Crippen molar-refractivity contribution in [2.24, 2.45) is 0 Å². The van der Waals surface area contributed by atoms with Crippen molar-refractivity contribution < 1.29 is 23.2 Å². The number of fused-ring (bicyclic) bond motifs is 1. The molecular formula is C18H18FN6O4P. The van der Waals surface area contributed by atoms with E-state index in [-0.39, 0.29) is 18.7 Å². The molecule has 1 aliphatic rings. The fourth-order valence-electron chi connectivity index (χ4n) is 2.76. The number of ether oxygens (including phenoxy) is 2. The Bertz CT molecular complexity index is 1050. The quantitative estimate of drug-likeness (QED) is 0.387. The van der Waals surface area contributed by atoms with Crippen LogP contribution < -0.4 is 15.3 Å². The van der Waals surface area contributed by atoms with Gasteiger partial charge in [-0.1, -0.05) is 18.2 Å². The van der Waals surface area contributed by atoms with E-state index in [9.17, 15) is 9.18 Å². The summed E-state index contributed by atoms with van der Waals surface area (Å²) in [7, 11) is -1.36. The predicted octanol–water partition coefficient (Wildman–Crippen LogP) is 2.27. The molecule has 3 atom stereocenters. The lowest BCUT2D eigenvalue weighted by Crippen LogP contribution is -2.20. The molecule has 0 amide bonds. The van der Waals surface area contributed by atoms with Gasteiger partial charge in [-0.15, -0.1) is 0 Å². The smallest absolute Gasteiger partial charge is 0.192 e. The number of nitrogens with zero attached hydrogens (tertiary/aromatic N) is 4. The lowest BCUT2D eigenvalue weighted by atomic mass is 10.3. The third-order valence-corrected chi connectivity index (χ3v) is 5.45. The number of imidazole rings is 1. The summed E-state index contributed by atoms with van der Waals surface area (Å²) in [6, 6.07) is 9.10. The number of anilines is 1. The van der Waals surface area contributed by atoms with Crippen molar-refractivity contribution in [2.45, 2.75) is 12.5 Å². The van der Waals surface area contributed by atoms with Crippen molar-refractivity contribution in [3.63, 3.8) is 0 Å². The highest BCUT2D eigenvalue weighted by Gasteiger charge is 2.32. The Morgan fingerprint density at radius 2 is 2.13 bits per heavy atom. The van der Waals surface area contributed by atoms with Crippen LogP contribution in [-0.4, -0.2) is 45.0 Å². The second-order valence-corrected chi connectivity index (χ2v) is 7.61. The number of para-hydroxylation sites is 1. The normalized spacial score (nSPS) is 19.6. The number of nitrogens with one attached hydrogen (secondary N) is 1. The van der Waals surface area contributed by atoms with E-state index < -0.39 is 26.6 Å². The molecule has 156 valence electrons. The number of hydrogen-bond donors (Lipinski definition) is 2. The molecule has 1 aliphatic heterocycles. The third-order valence-electron chi connectivity index (χ3n) is 4.10. The topological polar surface area (TPSA) is 126 Å². The van der Waals surface area contributed by atoms with Crippen molar-refractivity contribution >= 4 is 31.6 Å². The molecular weight excluding hydrogens is 414 g/mol. The lowest BCUT2D eigenvalue weighted by Gasteiger charge is -2.21. The van der Waals surface area contributed by atoms with Gasteiger partial charge in [0.1, 0.15) is 30.2 Å². The number of nitrogen functional groups attached to an aromatic ring is 1. The van der Waals surface area contributed by atoms with E-state index in [0.717, 1.165) is 6.29 Å². The molecule has 0 bridgehead atoms. The summed E-state index contributed by atoms with van der Waals surface area (Å²) in [6.07, 6.45) is 2.63. The van der Waals surface area contributed by atoms with Crippen LogP contribution in [0.25, 0.3) is 11.2 Å². The number of rotatable bonds is 9. The fraction of sp³-hybridized carbons (Fsp3) is 0.222. The van der Waals surface area contributed by atoms with Gasteiger partial charge < -0.3 is 24.5 Å². The van der Waals surface area contributed by atoms with Gasteiger partial charge >= 0.3 is 0 Å². The molecule has 3 unspecified atom stereocenters. The second-order valence-electron chi connectivity index (χ2n) is 6.10. The zero-order valence-corrected chi connectivity index (χ0v) is 16.5. The Balaban J connectivity index is 1.41. The first-order valence-corrected chi connectivity index (χ1v) is 10.3. The van der Waals surface area contributed by atoms with Crippen LogP contribution in [-0.2, 0) is 14.3 Å². The molecule has 2 aromatic heterocycles. The number of benzene rings is 1.